The first-order valence-corrected chi connectivity index (χ1v) is 8.09. The summed E-state index contributed by atoms with van der Waals surface area (Å²) in [4.78, 5) is 15.0. The molecule has 0 spiro atoms. The number of nitrogens with one attached hydrogen (secondary N) is 2. The molecule has 0 aliphatic heterocycles. The van der Waals surface area contributed by atoms with Gasteiger partial charge in [0.2, 0.25) is 0 Å². The van der Waals surface area contributed by atoms with Gasteiger partial charge in [0, 0.05) is 5.25 Å². The Kier molecular flexibility index (Phi) is 4.45. The van der Waals surface area contributed by atoms with Crippen LogP contribution in [0.4, 0.5) is 4.39 Å². The highest BCUT2D eigenvalue weighted by Crippen LogP contribution is 2.31. The lowest BCUT2D eigenvalue weighted by Gasteiger charge is -2.11. The largest absolute Gasteiger partial charge is 0.277 e. The maximum absolute atomic E-state index is 14.3. The zero-order valence-electron chi connectivity index (χ0n) is 12.2. The number of rotatable bonds is 5. The van der Waals surface area contributed by atoms with Gasteiger partial charge in [0.1, 0.15) is 5.82 Å². The molecule has 1 amide bonds. The Morgan fingerprint density at radius 1 is 1.18 bits per heavy atom. The van der Waals surface area contributed by atoms with E-state index >= 15 is 0 Å². The lowest BCUT2D eigenvalue weighted by molar-refractivity contribution is 0.0943. The molecule has 3 nitrogen and oxygen atoms in total. The number of hydrogen-bond donors (Lipinski definition) is 2. The Morgan fingerprint density at radius 2 is 1.91 bits per heavy atom. The van der Waals surface area contributed by atoms with Crippen LogP contribution >= 0.6 is 11.9 Å². The van der Waals surface area contributed by atoms with Gasteiger partial charge in [0.05, 0.1) is 5.56 Å². The number of hydrazine groups is 1. The molecule has 2 N–H and O–H groups in total. The van der Waals surface area contributed by atoms with E-state index in [0.29, 0.717) is 10.8 Å². The second kappa shape index (κ2) is 6.50. The van der Waals surface area contributed by atoms with E-state index in [1.54, 1.807) is 19.1 Å². The van der Waals surface area contributed by atoms with Crippen molar-refractivity contribution in [1.29, 1.82) is 0 Å². The average Bonchev–Trinajstić information content (AvgIpc) is 3.35. The van der Waals surface area contributed by atoms with E-state index < -0.39 is 11.7 Å². The Balaban J connectivity index is 1.82. The molecule has 1 saturated carbocycles. The van der Waals surface area contributed by atoms with E-state index in [4.69, 9.17) is 0 Å². The first-order valence-electron chi connectivity index (χ1n) is 7.21. The second-order valence-corrected chi connectivity index (χ2v) is 6.50. The molecule has 0 aromatic heterocycles. The zero-order chi connectivity index (χ0) is 15.5. The minimum absolute atomic E-state index is 0.0581. The number of hydrogen-bond acceptors (Lipinski definition) is 3. The molecule has 1 aliphatic carbocycles. The molecule has 1 aliphatic rings. The van der Waals surface area contributed by atoms with E-state index in [1.165, 1.54) is 11.9 Å². The summed E-state index contributed by atoms with van der Waals surface area (Å²) in [6.45, 7) is 1.67. The van der Waals surface area contributed by atoms with Crippen molar-refractivity contribution in [2.24, 2.45) is 0 Å². The van der Waals surface area contributed by atoms with Crippen molar-refractivity contribution in [2.45, 2.75) is 25.0 Å². The Hall–Kier alpha value is -1.85. The van der Waals surface area contributed by atoms with Gasteiger partial charge in [-0.25, -0.2) is 4.39 Å². The molecule has 2 aromatic carbocycles. The van der Waals surface area contributed by atoms with Crippen molar-refractivity contribution in [1.82, 2.24) is 10.3 Å². The first kappa shape index (κ1) is 15.1. The quantitative estimate of drug-likeness (QED) is 0.650. The van der Waals surface area contributed by atoms with E-state index in [0.717, 1.165) is 24.0 Å². The van der Waals surface area contributed by atoms with Crippen LogP contribution in [-0.2, 0) is 0 Å². The van der Waals surface area contributed by atoms with Gasteiger partial charge < -0.3 is 0 Å². The molecule has 0 heterocycles. The normalized spacial score (nSPS) is 13.9. The van der Waals surface area contributed by atoms with Crippen molar-refractivity contribution in [3.8, 4) is 11.1 Å². The summed E-state index contributed by atoms with van der Waals surface area (Å²) >= 11 is 1.47. The predicted molar refractivity (Wildman–Crippen MR) is 87.8 cm³/mol. The van der Waals surface area contributed by atoms with Crippen LogP contribution < -0.4 is 10.3 Å². The Morgan fingerprint density at radius 3 is 2.59 bits per heavy atom. The molecule has 3 rings (SSSR count). The first-order chi connectivity index (χ1) is 10.6. The fraction of sp³-hybridized carbons (Fsp3) is 0.235. The molecule has 0 radical (unpaired) electrons. The summed E-state index contributed by atoms with van der Waals surface area (Å²) in [5.41, 5.74) is 4.86. The van der Waals surface area contributed by atoms with Crippen LogP contribution in [0.25, 0.3) is 11.1 Å². The molecule has 0 unspecified atom stereocenters. The monoisotopic (exact) mass is 316 g/mol. The van der Waals surface area contributed by atoms with Gasteiger partial charge in [-0.1, -0.05) is 42.3 Å². The second-order valence-electron chi connectivity index (χ2n) is 5.39. The molecule has 22 heavy (non-hydrogen) atoms. The van der Waals surface area contributed by atoms with Crippen LogP contribution in [-0.4, -0.2) is 11.2 Å². The summed E-state index contributed by atoms with van der Waals surface area (Å²) in [7, 11) is 0. The molecule has 0 atom stereocenters. The number of carbonyl (C=O) groups excluding carboxylic acids is 1. The average molecular weight is 316 g/mol. The minimum atomic E-state index is -0.476. The van der Waals surface area contributed by atoms with Gasteiger partial charge in [-0.15, -0.1) is 0 Å². The van der Waals surface area contributed by atoms with Crippen LogP contribution in [0.3, 0.4) is 0 Å². The van der Waals surface area contributed by atoms with Gasteiger partial charge in [0.25, 0.3) is 5.91 Å². The van der Waals surface area contributed by atoms with Crippen molar-refractivity contribution in [3.63, 3.8) is 0 Å². The summed E-state index contributed by atoms with van der Waals surface area (Å²) in [6.07, 6.45) is 2.31. The number of amides is 1. The third-order valence-electron chi connectivity index (χ3n) is 3.52. The number of aryl methyl sites for hydroxylation is 1. The number of halogens is 1. The molecular weight excluding hydrogens is 299 g/mol. The van der Waals surface area contributed by atoms with Crippen LogP contribution in [0.1, 0.15) is 28.8 Å². The van der Waals surface area contributed by atoms with Crippen LogP contribution in [0.2, 0.25) is 0 Å². The maximum atomic E-state index is 14.3. The van der Waals surface area contributed by atoms with Crippen molar-refractivity contribution < 1.29 is 9.18 Å². The number of carbonyl (C=O) groups is 1. The smallest absolute Gasteiger partial charge is 0.269 e. The Labute approximate surface area is 133 Å². The standard InChI is InChI=1S/C17H17FN2OS/c1-11-9-13(12-5-3-2-4-6-12)10-15(16(11)18)17(21)19-20-22-14-7-8-14/h2-6,9-10,14,20H,7-8H2,1H3,(H,19,21). The van der Waals surface area contributed by atoms with Gasteiger partial charge in [-0.2, -0.15) is 4.83 Å². The SMILES string of the molecule is Cc1cc(-c2ccccc2)cc(C(=O)NNSC2CC2)c1F. The molecule has 2 aromatic rings. The fourth-order valence-electron chi connectivity index (χ4n) is 2.14. The Bertz CT molecular complexity index is 687. The topological polar surface area (TPSA) is 41.1 Å². The van der Waals surface area contributed by atoms with Gasteiger partial charge >= 0.3 is 0 Å². The van der Waals surface area contributed by atoms with Gasteiger partial charge in [-0.05, 0) is 48.6 Å². The summed E-state index contributed by atoms with van der Waals surface area (Å²) in [5.74, 6) is -0.929. The van der Waals surface area contributed by atoms with Crippen LogP contribution in [0.15, 0.2) is 42.5 Å². The van der Waals surface area contributed by atoms with Gasteiger partial charge in [0.15, 0.2) is 0 Å². The van der Waals surface area contributed by atoms with E-state index in [2.05, 4.69) is 10.3 Å². The highest BCUT2D eigenvalue weighted by molar-refractivity contribution is 7.98. The molecule has 0 saturated heterocycles. The molecule has 114 valence electrons. The summed E-state index contributed by atoms with van der Waals surface area (Å²) in [6, 6.07) is 13.0. The highest BCUT2D eigenvalue weighted by atomic mass is 32.2. The van der Waals surface area contributed by atoms with E-state index in [-0.39, 0.29) is 5.56 Å². The van der Waals surface area contributed by atoms with Crippen molar-refractivity contribution >= 4 is 17.9 Å². The summed E-state index contributed by atoms with van der Waals surface area (Å²) < 4.78 is 14.3. The summed E-state index contributed by atoms with van der Waals surface area (Å²) in [5, 5.41) is 0.558. The van der Waals surface area contributed by atoms with E-state index in [1.807, 2.05) is 30.3 Å². The third-order valence-corrected chi connectivity index (χ3v) is 4.55. The molecule has 0 bridgehead atoms. The molecule has 5 heteroatoms. The van der Waals surface area contributed by atoms with E-state index in [9.17, 15) is 9.18 Å². The minimum Gasteiger partial charge on any atom is -0.277 e. The maximum Gasteiger partial charge on any atom is 0.269 e. The molecular formula is C17H17FN2OS. The van der Waals surface area contributed by atoms with Crippen molar-refractivity contribution in [2.75, 3.05) is 0 Å². The lowest BCUT2D eigenvalue weighted by Crippen LogP contribution is -2.33. The fourth-order valence-corrected chi connectivity index (χ4v) is 2.83. The van der Waals surface area contributed by atoms with Crippen LogP contribution in [0, 0.1) is 12.7 Å². The number of benzene rings is 2. The molecule has 1 fully saturated rings. The zero-order valence-corrected chi connectivity index (χ0v) is 13.0. The highest BCUT2D eigenvalue weighted by Gasteiger charge is 2.22. The predicted octanol–water partition coefficient (Wildman–Crippen LogP) is 3.85. The third kappa shape index (κ3) is 3.48. The lowest BCUT2D eigenvalue weighted by atomic mass is 9.99. The van der Waals surface area contributed by atoms with Gasteiger partial charge in [-0.3, -0.25) is 10.2 Å². The van der Waals surface area contributed by atoms with Crippen molar-refractivity contribution in [3.05, 3.63) is 59.4 Å². The van der Waals surface area contributed by atoms with Crippen LogP contribution in [0.5, 0.6) is 0 Å².